The molecule has 0 amide bonds. The Morgan fingerprint density at radius 1 is 0.0918 bits per heavy atom. The second kappa shape index (κ2) is 27.6. The Bertz CT molecular complexity index is 4900. The van der Waals surface area contributed by atoms with Gasteiger partial charge < -0.3 is 0 Å². The maximum atomic E-state index is 3.49. The second-order valence-corrected chi connectivity index (χ2v) is 24.7. The standard InChI is InChI=1S/C98H66/c1-11-31-75(32-12-1)87-89(77-35-15-3-16-36-77)93(81-43-23-7-24-44-81)97(94(82-45-25-8-26-46-82)90(87)78-37-17-4-18-38-78)85-65-61-73(62-66-85)71-57-53-69(54-58-71)51-52-70-55-59-72(60-56-70)74-63-67-86(68-64-74)98-95(83-47-27-9-28-48-83)91(79-39-19-5-20-40-79)88(76-33-13-2-14-34-76)92(80-41-21-6-22-42-80)96(98)84-49-29-10-30-50-84/h1-50,53-68H. The summed E-state index contributed by atoms with van der Waals surface area (Å²) < 4.78 is 0. The second-order valence-electron chi connectivity index (χ2n) is 24.7. The first-order valence-electron chi connectivity index (χ1n) is 33.6. The molecule has 0 atom stereocenters. The van der Waals surface area contributed by atoms with Gasteiger partial charge in [-0.1, -0.05) is 388 Å². The van der Waals surface area contributed by atoms with Crippen molar-refractivity contribution in [2.24, 2.45) is 0 Å². The molecule has 16 aromatic carbocycles. The number of benzene rings is 16. The van der Waals surface area contributed by atoms with Crippen molar-refractivity contribution in [3.63, 3.8) is 0 Å². The van der Waals surface area contributed by atoms with Crippen LogP contribution in [0.2, 0.25) is 0 Å². The van der Waals surface area contributed by atoms with E-state index in [2.05, 4.69) is 412 Å². The molecule has 0 unspecified atom stereocenters. The molecule has 458 valence electrons. The van der Waals surface area contributed by atoms with Crippen LogP contribution in [0.3, 0.4) is 0 Å². The van der Waals surface area contributed by atoms with Crippen LogP contribution in [-0.2, 0) is 0 Å². The van der Waals surface area contributed by atoms with Crippen molar-refractivity contribution in [1.29, 1.82) is 0 Å². The average molecular weight is 1240 g/mol. The number of rotatable bonds is 14. The van der Waals surface area contributed by atoms with E-state index in [1.165, 1.54) is 77.9 Å². The molecule has 0 bridgehead atoms. The van der Waals surface area contributed by atoms with Gasteiger partial charge in [0.15, 0.2) is 0 Å². The summed E-state index contributed by atoms with van der Waals surface area (Å²) in [5.74, 6) is 6.97. The maximum absolute atomic E-state index is 3.49. The summed E-state index contributed by atoms with van der Waals surface area (Å²) in [6, 6.07) is 145. The van der Waals surface area contributed by atoms with E-state index in [0.29, 0.717) is 0 Å². The smallest absolute Gasteiger partial charge is 0.0249 e. The van der Waals surface area contributed by atoms with Gasteiger partial charge in [0.05, 0.1) is 0 Å². The summed E-state index contributed by atoms with van der Waals surface area (Å²) in [4.78, 5) is 0. The van der Waals surface area contributed by atoms with Crippen LogP contribution in [-0.4, -0.2) is 0 Å². The van der Waals surface area contributed by atoms with Crippen molar-refractivity contribution in [1.82, 2.24) is 0 Å². The van der Waals surface area contributed by atoms with Crippen LogP contribution in [0.4, 0.5) is 0 Å². The average Bonchev–Trinajstić information content (AvgIpc) is 0.724. The van der Waals surface area contributed by atoms with Crippen molar-refractivity contribution in [2.75, 3.05) is 0 Å². The predicted octanol–water partition coefficient (Wildman–Crippen LogP) is 26.4. The molecule has 0 N–H and O–H groups in total. The van der Waals surface area contributed by atoms with Crippen molar-refractivity contribution < 1.29 is 0 Å². The minimum Gasteiger partial charge on any atom is -0.0622 e. The molecule has 16 aromatic rings. The van der Waals surface area contributed by atoms with E-state index in [1.54, 1.807) is 0 Å². The Hall–Kier alpha value is -12.9. The molecule has 16 rings (SSSR count). The lowest BCUT2D eigenvalue weighted by atomic mass is 9.74. The van der Waals surface area contributed by atoms with Crippen LogP contribution in [0.1, 0.15) is 11.1 Å². The molecule has 0 aromatic heterocycles. The van der Waals surface area contributed by atoms with E-state index in [4.69, 9.17) is 0 Å². The van der Waals surface area contributed by atoms with Gasteiger partial charge >= 0.3 is 0 Å². The van der Waals surface area contributed by atoms with E-state index in [-0.39, 0.29) is 0 Å². The van der Waals surface area contributed by atoms with Crippen LogP contribution >= 0.6 is 0 Å². The molecule has 0 fully saturated rings. The molecule has 0 saturated carbocycles. The molecular weight excluding hydrogens is 1180 g/mol. The van der Waals surface area contributed by atoms with E-state index >= 15 is 0 Å². The maximum Gasteiger partial charge on any atom is 0.0249 e. The summed E-state index contributed by atoms with van der Waals surface area (Å²) in [7, 11) is 0. The van der Waals surface area contributed by atoms with Gasteiger partial charge in [-0.3, -0.25) is 0 Å². The largest absolute Gasteiger partial charge is 0.0622 e. The Balaban J connectivity index is 0.742. The van der Waals surface area contributed by atoms with Crippen molar-refractivity contribution in [3.05, 3.63) is 412 Å². The molecule has 0 saturated heterocycles. The Labute approximate surface area is 575 Å². The first kappa shape index (κ1) is 60.1. The van der Waals surface area contributed by atoms with Gasteiger partial charge in [-0.25, -0.2) is 0 Å². The van der Waals surface area contributed by atoms with Crippen LogP contribution in [0.5, 0.6) is 0 Å². The molecule has 0 heteroatoms. The normalized spacial score (nSPS) is 11.0. The van der Waals surface area contributed by atoms with Gasteiger partial charge in [0, 0.05) is 11.1 Å². The zero-order valence-corrected chi connectivity index (χ0v) is 54.1. The fourth-order valence-electron chi connectivity index (χ4n) is 14.3. The fourth-order valence-corrected chi connectivity index (χ4v) is 14.3. The minimum absolute atomic E-state index is 0.956. The zero-order chi connectivity index (χ0) is 65.4. The first-order valence-corrected chi connectivity index (χ1v) is 33.6. The van der Waals surface area contributed by atoms with E-state index < -0.39 is 0 Å². The quantitative estimate of drug-likeness (QED) is 0.0952. The molecule has 0 aliphatic carbocycles. The van der Waals surface area contributed by atoms with E-state index in [9.17, 15) is 0 Å². The minimum atomic E-state index is 0.956. The first-order chi connectivity index (χ1) is 48.7. The van der Waals surface area contributed by atoms with Crippen LogP contribution in [0.25, 0.3) is 156 Å². The highest BCUT2D eigenvalue weighted by Gasteiger charge is 2.31. The summed E-state index contributed by atoms with van der Waals surface area (Å²) in [6.07, 6.45) is 0. The zero-order valence-electron chi connectivity index (χ0n) is 54.1. The SMILES string of the molecule is C(#Cc1ccc(-c2ccc(-c3c(-c4ccccc4)c(-c4ccccc4)c(-c4ccccc4)c(-c4ccccc4)c3-c3ccccc3)cc2)cc1)c1ccc(-c2ccc(-c3c(-c4ccccc4)c(-c4ccccc4)c(-c4ccccc4)c(-c4ccccc4)c3-c3ccccc3)cc2)cc1. The van der Waals surface area contributed by atoms with Crippen LogP contribution in [0.15, 0.2) is 400 Å². The van der Waals surface area contributed by atoms with Crippen molar-refractivity contribution in [2.45, 2.75) is 0 Å². The lowest BCUT2D eigenvalue weighted by molar-refractivity contribution is 1.51. The lowest BCUT2D eigenvalue weighted by Crippen LogP contribution is -2.02. The molecule has 0 nitrogen and oxygen atoms in total. The molecule has 98 heavy (non-hydrogen) atoms. The lowest BCUT2D eigenvalue weighted by Gasteiger charge is -2.28. The molecule has 0 heterocycles. The molecular formula is C98H66. The molecule has 0 radical (unpaired) electrons. The van der Waals surface area contributed by atoms with Gasteiger partial charge in [0.25, 0.3) is 0 Å². The highest BCUT2D eigenvalue weighted by molar-refractivity contribution is 6.17. The van der Waals surface area contributed by atoms with Gasteiger partial charge in [-0.05, 0) is 180 Å². The topological polar surface area (TPSA) is 0 Å². The third-order valence-corrected chi connectivity index (χ3v) is 18.8. The van der Waals surface area contributed by atoms with E-state index in [0.717, 1.165) is 89.0 Å². The highest BCUT2D eigenvalue weighted by Crippen LogP contribution is 2.58. The van der Waals surface area contributed by atoms with Gasteiger partial charge in [0.2, 0.25) is 0 Å². The van der Waals surface area contributed by atoms with Crippen molar-refractivity contribution in [3.8, 4) is 168 Å². The molecule has 0 spiro atoms. The Kier molecular flexibility index (Phi) is 16.9. The summed E-state index contributed by atoms with van der Waals surface area (Å²) in [5.41, 5.74) is 34.7. The Morgan fingerprint density at radius 3 is 0.327 bits per heavy atom. The van der Waals surface area contributed by atoms with Crippen LogP contribution < -0.4 is 0 Å². The van der Waals surface area contributed by atoms with Crippen LogP contribution in [0, 0.1) is 11.8 Å². The summed E-state index contributed by atoms with van der Waals surface area (Å²) in [5, 5.41) is 0. The summed E-state index contributed by atoms with van der Waals surface area (Å²) >= 11 is 0. The number of hydrogen-bond donors (Lipinski definition) is 0. The number of hydrogen-bond acceptors (Lipinski definition) is 0. The summed E-state index contributed by atoms with van der Waals surface area (Å²) in [6.45, 7) is 0. The third-order valence-electron chi connectivity index (χ3n) is 18.8. The highest BCUT2D eigenvalue weighted by atomic mass is 14.3. The van der Waals surface area contributed by atoms with Crippen molar-refractivity contribution >= 4 is 0 Å². The third kappa shape index (κ3) is 12.0. The van der Waals surface area contributed by atoms with Gasteiger partial charge in [0.1, 0.15) is 0 Å². The fraction of sp³-hybridized carbons (Fsp3) is 0. The van der Waals surface area contributed by atoms with Gasteiger partial charge in [-0.15, -0.1) is 0 Å². The predicted molar refractivity (Wildman–Crippen MR) is 415 cm³/mol. The molecule has 0 aliphatic rings. The van der Waals surface area contributed by atoms with E-state index in [1.807, 2.05) is 0 Å². The molecule has 0 aliphatic heterocycles. The van der Waals surface area contributed by atoms with Gasteiger partial charge in [-0.2, -0.15) is 0 Å². The Morgan fingerprint density at radius 2 is 0.194 bits per heavy atom. The monoisotopic (exact) mass is 1240 g/mol.